The van der Waals surface area contributed by atoms with Crippen LogP contribution in [-0.2, 0) is 0 Å². The summed E-state index contributed by atoms with van der Waals surface area (Å²) in [4.78, 5) is 2.65. The van der Waals surface area contributed by atoms with Crippen LogP contribution in [-0.4, -0.2) is 28.8 Å². The van der Waals surface area contributed by atoms with Crippen LogP contribution in [0.25, 0.3) is 10.9 Å². The lowest BCUT2D eigenvalue weighted by atomic mass is 10.1. The Morgan fingerprint density at radius 3 is 2.89 bits per heavy atom. The fourth-order valence-electron chi connectivity index (χ4n) is 1.90. The zero-order chi connectivity index (χ0) is 13.1. The summed E-state index contributed by atoms with van der Waals surface area (Å²) in [6.07, 6.45) is 1.77. The number of aromatic nitrogens is 2. The molecule has 94 valence electrons. The van der Waals surface area contributed by atoms with Crippen molar-refractivity contribution in [3.05, 3.63) is 30.5 Å². The largest absolute Gasteiger partial charge is 0.393 e. The number of nitrogens with two attached hydrogens (primary N) is 1. The minimum absolute atomic E-state index is 0.164. The number of benzene rings is 1. The van der Waals surface area contributed by atoms with Crippen LogP contribution in [0.15, 0.2) is 30.5 Å². The van der Waals surface area contributed by atoms with E-state index in [0.29, 0.717) is 4.99 Å². The van der Waals surface area contributed by atoms with Gasteiger partial charge in [-0.2, -0.15) is 10.2 Å². The van der Waals surface area contributed by atoms with Gasteiger partial charge in [-0.05, 0) is 6.07 Å². The van der Waals surface area contributed by atoms with Crippen LogP contribution in [0, 0.1) is 5.92 Å². The first-order valence-corrected chi connectivity index (χ1v) is 6.21. The molecule has 0 spiro atoms. The lowest BCUT2D eigenvalue weighted by Gasteiger charge is -2.23. The second-order valence-corrected chi connectivity index (χ2v) is 4.90. The Morgan fingerprint density at radius 2 is 2.17 bits per heavy atom. The van der Waals surface area contributed by atoms with Gasteiger partial charge in [0, 0.05) is 24.9 Å². The average molecular weight is 260 g/mol. The summed E-state index contributed by atoms with van der Waals surface area (Å²) >= 11 is 5.01. The number of thiocarbonyl (C=S) groups is 1. The monoisotopic (exact) mass is 260 g/mol. The Balaban J connectivity index is 2.33. The highest BCUT2D eigenvalue weighted by Gasteiger charge is 2.12. The first-order chi connectivity index (χ1) is 8.59. The molecule has 1 aromatic heterocycles. The highest BCUT2D eigenvalue weighted by molar-refractivity contribution is 7.80. The van der Waals surface area contributed by atoms with Crippen molar-refractivity contribution in [3.8, 4) is 0 Å². The first kappa shape index (κ1) is 12.7. The Morgan fingerprint density at radius 1 is 1.44 bits per heavy atom. The highest BCUT2D eigenvalue weighted by atomic mass is 32.1. The molecule has 0 saturated carbocycles. The van der Waals surface area contributed by atoms with E-state index < -0.39 is 0 Å². The molecule has 0 aliphatic carbocycles. The van der Waals surface area contributed by atoms with Gasteiger partial charge in [-0.25, -0.2) is 0 Å². The van der Waals surface area contributed by atoms with Gasteiger partial charge in [0.25, 0.3) is 0 Å². The van der Waals surface area contributed by atoms with Crippen LogP contribution in [0.3, 0.4) is 0 Å². The molecule has 18 heavy (non-hydrogen) atoms. The van der Waals surface area contributed by atoms with E-state index in [2.05, 4.69) is 15.1 Å². The third-order valence-electron chi connectivity index (χ3n) is 2.97. The summed E-state index contributed by atoms with van der Waals surface area (Å²) in [5.41, 5.74) is 7.59. The molecule has 2 aromatic rings. The molecule has 2 N–H and O–H groups in total. The SMILES string of the molecule is CC(CN(C)c1cnnc2ccccc12)C(N)=S. The summed E-state index contributed by atoms with van der Waals surface area (Å²) in [7, 11) is 2.01. The van der Waals surface area contributed by atoms with Crippen molar-refractivity contribution in [3.63, 3.8) is 0 Å². The summed E-state index contributed by atoms with van der Waals surface area (Å²) in [6.45, 7) is 2.79. The van der Waals surface area contributed by atoms with Gasteiger partial charge in [0.05, 0.1) is 22.4 Å². The molecule has 1 aromatic carbocycles. The summed E-state index contributed by atoms with van der Waals surface area (Å²) in [5, 5.41) is 9.23. The fraction of sp³-hybridized carbons (Fsp3) is 0.308. The van der Waals surface area contributed by atoms with Gasteiger partial charge in [0.1, 0.15) is 0 Å². The second kappa shape index (κ2) is 5.27. The second-order valence-electron chi connectivity index (χ2n) is 4.43. The predicted octanol–water partition coefficient (Wildman–Crippen LogP) is 1.99. The lowest BCUT2D eigenvalue weighted by Crippen LogP contribution is -2.31. The van der Waals surface area contributed by atoms with E-state index in [-0.39, 0.29) is 5.92 Å². The molecule has 1 atom stereocenters. The predicted molar refractivity (Wildman–Crippen MR) is 78.8 cm³/mol. The van der Waals surface area contributed by atoms with Crippen molar-refractivity contribution in [1.82, 2.24) is 10.2 Å². The normalized spacial score (nSPS) is 12.3. The Hall–Kier alpha value is -1.75. The highest BCUT2D eigenvalue weighted by Crippen LogP contribution is 2.23. The van der Waals surface area contributed by atoms with E-state index >= 15 is 0 Å². The Kier molecular flexibility index (Phi) is 3.72. The van der Waals surface area contributed by atoms with Crippen LogP contribution in [0.4, 0.5) is 5.69 Å². The molecular weight excluding hydrogens is 244 g/mol. The van der Waals surface area contributed by atoms with Crippen LogP contribution in [0.2, 0.25) is 0 Å². The Bertz CT molecular complexity index is 564. The molecule has 0 amide bonds. The van der Waals surface area contributed by atoms with Crippen LogP contribution < -0.4 is 10.6 Å². The minimum Gasteiger partial charge on any atom is -0.393 e. The average Bonchev–Trinajstić information content (AvgIpc) is 2.37. The molecule has 1 heterocycles. The fourth-order valence-corrected chi connectivity index (χ4v) is 1.97. The van der Waals surface area contributed by atoms with E-state index in [0.717, 1.165) is 23.1 Å². The molecule has 2 rings (SSSR count). The van der Waals surface area contributed by atoms with E-state index in [9.17, 15) is 0 Å². The number of hydrogen-bond donors (Lipinski definition) is 1. The van der Waals surface area contributed by atoms with Crippen molar-refractivity contribution in [2.24, 2.45) is 11.7 Å². The van der Waals surface area contributed by atoms with Gasteiger partial charge in [-0.1, -0.05) is 37.3 Å². The summed E-state index contributed by atoms with van der Waals surface area (Å²) < 4.78 is 0. The number of anilines is 1. The maximum Gasteiger partial charge on any atom is 0.0950 e. The van der Waals surface area contributed by atoms with Gasteiger partial charge in [-0.15, -0.1) is 0 Å². The van der Waals surface area contributed by atoms with Crippen molar-refractivity contribution >= 4 is 33.8 Å². The number of rotatable bonds is 4. The van der Waals surface area contributed by atoms with E-state index in [1.165, 1.54) is 0 Å². The summed E-state index contributed by atoms with van der Waals surface area (Å²) in [5.74, 6) is 0.164. The Labute approximate surface area is 112 Å². The lowest BCUT2D eigenvalue weighted by molar-refractivity contribution is 0.742. The van der Waals surface area contributed by atoms with Crippen molar-refractivity contribution < 1.29 is 0 Å². The smallest absolute Gasteiger partial charge is 0.0950 e. The molecule has 0 fully saturated rings. The van der Waals surface area contributed by atoms with Crippen LogP contribution in [0.1, 0.15) is 6.92 Å². The van der Waals surface area contributed by atoms with Gasteiger partial charge in [0.15, 0.2) is 0 Å². The molecule has 5 heteroatoms. The van der Waals surface area contributed by atoms with E-state index in [1.807, 2.05) is 38.2 Å². The van der Waals surface area contributed by atoms with Crippen molar-refractivity contribution in [2.75, 3.05) is 18.5 Å². The quantitative estimate of drug-likeness (QED) is 0.852. The van der Waals surface area contributed by atoms with Gasteiger partial charge in [-0.3, -0.25) is 0 Å². The number of fused-ring (bicyclic) bond motifs is 1. The molecule has 0 aliphatic rings. The molecule has 0 bridgehead atoms. The zero-order valence-corrected chi connectivity index (χ0v) is 11.3. The van der Waals surface area contributed by atoms with Gasteiger partial charge < -0.3 is 10.6 Å². The topological polar surface area (TPSA) is 55.0 Å². The zero-order valence-electron chi connectivity index (χ0n) is 10.5. The van der Waals surface area contributed by atoms with Crippen molar-refractivity contribution in [1.29, 1.82) is 0 Å². The van der Waals surface area contributed by atoms with Gasteiger partial charge >= 0.3 is 0 Å². The molecule has 0 radical (unpaired) electrons. The maximum absolute atomic E-state index is 5.65. The van der Waals surface area contributed by atoms with E-state index in [1.54, 1.807) is 6.20 Å². The molecule has 1 unspecified atom stereocenters. The molecule has 0 aliphatic heterocycles. The minimum atomic E-state index is 0.164. The van der Waals surface area contributed by atoms with Crippen molar-refractivity contribution in [2.45, 2.75) is 6.92 Å². The molecule has 4 nitrogen and oxygen atoms in total. The molecular formula is C13H16N4S. The first-order valence-electron chi connectivity index (χ1n) is 5.80. The van der Waals surface area contributed by atoms with Gasteiger partial charge in [0.2, 0.25) is 0 Å². The van der Waals surface area contributed by atoms with Crippen LogP contribution in [0.5, 0.6) is 0 Å². The van der Waals surface area contributed by atoms with E-state index in [4.69, 9.17) is 18.0 Å². The number of nitrogens with zero attached hydrogens (tertiary/aromatic N) is 3. The standard InChI is InChI=1S/C13H16N4S/c1-9(13(14)18)8-17(2)12-7-15-16-11-6-4-3-5-10(11)12/h3-7,9H,8H2,1-2H3,(H2,14,18). The van der Waals surface area contributed by atoms with Crippen LogP contribution >= 0.6 is 12.2 Å². The third kappa shape index (κ3) is 2.56. The number of hydrogen-bond acceptors (Lipinski definition) is 4. The maximum atomic E-state index is 5.65. The third-order valence-corrected chi connectivity index (χ3v) is 3.37. The summed E-state index contributed by atoms with van der Waals surface area (Å²) in [6, 6.07) is 7.95. The molecule has 0 saturated heterocycles.